The second-order valence-corrected chi connectivity index (χ2v) is 5.47. The monoisotopic (exact) mass is 342 g/mol. The van der Waals surface area contributed by atoms with Gasteiger partial charge in [0.2, 0.25) is 0 Å². The summed E-state index contributed by atoms with van der Waals surface area (Å²) < 4.78 is 16.1. The van der Waals surface area contributed by atoms with Gasteiger partial charge in [-0.05, 0) is 50.2 Å². The van der Waals surface area contributed by atoms with E-state index in [1.165, 1.54) is 6.21 Å². The van der Waals surface area contributed by atoms with Gasteiger partial charge in [-0.1, -0.05) is 6.07 Å². The van der Waals surface area contributed by atoms with Crippen LogP contribution in [-0.2, 0) is 0 Å². The molecule has 0 saturated heterocycles. The van der Waals surface area contributed by atoms with Crippen molar-refractivity contribution in [2.75, 3.05) is 14.2 Å². The van der Waals surface area contributed by atoms with Crippen molar-refractivity contribution >= 4 is 12.1 Å². The molecule has 0 atom stereocenters. The lowest BCUT2D eigenvalue weighted by Gasteiger charge is -2.10. The molecule has 2 aromatic carbocycles. The number of hydrogen-bond acceptors (Lipinski definition) is 5. The Morgan fingerprint density at radius 2 is 1.80 bits per heavy atom. The van der Waals surface area contributed by atoms with Crippen LogP contribution in [0, 0.1) is 0 Å². The number of hydrogen-bond donors (Lipinski definition) is 1. The van der Waals surface area contributed by atoms with Crippen molar-refractivity contribution in [2.24, 2.45) is 5.10 Å². The average Bonchev–Trinajstić information content (AvgIpc) is 2.61. The first-order valence-electron chi connectivity index (χ1n) is 7.86. The molecule has 0 spiro atoms. The Kier molecular flexibility index (Phi) is 6.39. The SMILES string of the molecule is COc1cccc(/C=N\NC(=O)c2ccc(OC(C)C)cc2)c1OC. The molecule has 0 fully saturated rings. The summed E-state index contributed by atoms with van der Waals surface area (Å²) in [4.78, 5) is 12.1. The first kappa shape index (κ1) is 18.3. The molecule has 0 heterocycles. The van der Waals surface area contributed by atoms with Gasteiger partial charge in [-0.25, -0.2) is 5.43 Å². The normalized spacial score (nSPS) is 10.8. The summed E-state index contributed by atoms with van der Waals surface area (Å²) in [5.74, 6) is 1.56. The third-order valence-corrected chi connectivity index (χ3v) is 3.29. The number of amides is 1. The molecule has 0 aliphatic carbocycles. The lowest BCUT2D eigenvalue weighted by Crippen LogP contribution is -2.17. The van der Waals surface area contributed by atoms with Crippen LogP contribution in [0.5, 0.6) is 17.2 Å². The van der Waals surface area contributed by atoms with Gasteiger partial charge in [0.15, 0.2) is 11.5 Å². The standard InChI is InChI=1S/C19H22N2O4/c1-13(2)25-16-10-8-14(9-11-16)19(22)21-20-12-15-6-5-7-17(23-3)18(15)24-4/h5-13H,1-4H3,(H,21,22)/b20-12-. The molecule has 2 aromatic rings. The summed E-state index contributed by atoms with van der Waals surface area (Å²) in [6.07, 6.45) is 1.59. The van der Waals surface area contributed by atoms with E-state index in [0.29, 0.717) is 22.6 Å². The fourth-order valence-electron chi connectivity index (χ4n) is 2.20. The van der Waals surface area contributed by atoms with Crippen molar-refractivity contribution in [2.45, 2.75) is 20.0 Å². The van der Waals surface area contributed by atoms with Crippen molar-refractivity contribution in [1.82, 2.24) is 5.43 Å². The van der Waals surface area contributed by atoms with Crippen LogP contribution in [0.15, 0.2) is 47.6 Å². The predicted molar refractivity (Wildman–Crippen MR) is 96.8 cm³/mol. The van der Waals surface area contributed by atoms with E-state index in [4.69, 9.17) is 14.2 Å². The maximum atomic E-state index is 12.1. The van der Waals surface area contributed by atoms with E-state index in [2.05, 4.69) is 10.5 Å². The van der Waals surface area contributed by atoms with Gasteiger partial charge in [-0.15, -0.1) is 0 Å². The Morgan fingerprint density at radius 3 is 2.40 bits per heavy atom. The van der Waals surface area contributed by atoms with E-state index in [1.807, 2.05) is 26.0 Å². The van der Waals surface area contributed by atoms with E-state index < -0.39 is 0 Å². The van der Waals surface area contributed by atoms with Crippen LogP contribution in [0.3, 0.4) is 0 Å². The van der Waals surface area contributed by atoms with Crippen molar-refractivity contribution in [3.05, 3.63) is 53.6 Å². The van der Waals surface area contributed by atoms with Crippen LogP contribution < -0.4 is 19.6 Å². The maximum absolute atomic E-state index is 12.1. The number of carbonyl (C=O) groups excluding carboxylic acids is 1. The van der Waals surface area contributed by atoms with Gasteiger partial charge in [-0.2, -0.15) is 5.10 Å². The van der Waals surface area contributed by atoms with Gasteiger partial charge in [0.25, 0.3) is 5.91 Å². The fourth-order valence-corrected chi connectivity index (χ4v) is 2.20. The van der Waals surface area contributed by atoms with Crippen LogP contribution in [0.2, 0.25) is 0 Å². The minimum absolute atomic E-state index is 0.0853. The number of methoxy groups -OCH3 is 2. The maximum Gasteiger partial charge on any atom is 0.271 e. The van der Waals surface area contributed by atoms with E-state index in [0.717, 1.165) is 5.75 Å². The molecule has 0 saturated carbocycles. The molecule has 0 bridgehead atoms. The first-order chi connectivity index (χ1) is 12.0. The molecule has 132 valence electrons. The molecule has 1 N–H and O–H groups in total. The molecule has 0 unspecified atom stereocenters. The number of rotatable bonds is 7. The van der Waals surface area contributed by atoms with E-state index in [9.17, 15) is 4.79 Å². The first-order valence-corrected chi connectivity index (χ1v) is 7.86. The minimum Gasteiger partial charge on any atom is -0.493 e. The van der Waals surface area contributed by atoms with Crippen molar-refractivity contribution < 1.29 is 19.0 Å². The molecule has 0 aliphatic heterocycles. The number of carbonyl (C=O) groups is 1. The lowest BCUT2D eigenvalue weighted by molar-refractivity contribution is 0.0955. The zero-order chi connectivity index (χ0) is 18.2. The third kappa shape index (κ3) is 4.97. The quantitative estimate of drug-likeness (QED) is 0.619. The van der Waals surface area contributed by atoms with Crippen molar-refractivity contribution in [3.63, 3.8) is 0 Å². The molecule has 1 amide bonds. The Morgan fingerprint density at radius 1 is 1.08 bits per heavy atom. The Balaban J connectivity index is 2.03. The smallest absolute Gasteiger partial charge is 0.271 e. The van der Waals surface area contributed by atoms with Gasteiger partial charge < -0.3 is 14.2 Å². The van der Waals surface area contributed by atoms with E-state index in [1.54, 1.807) is 44.6 Å². The summed E-state index contributed by atoms with van der Waals surface area (Å²) in [7, 11) is 3.11. The van der Waals surface area contributed by atoms with Crippen LogP contribution in [0.1, 0.15) is 29.8 Å². The number of nitrogens with one attached hydrogen (secondary N) is 1. The highest BCUT2D eigenvalue weighted by molar-refractivity contribution is 5.95. The lowest BCUT2D eigenvalue weighted by atomic mass is 10.2. The Labute approximate surface area is 147 Å². The fraction of sp³-hybridized carbons (Fsp3) is 0.263. The van der Waals surface area contributed by atoms with Gasteiger partial charge in [0, 0.05) is 11.1 Å². The van der Waals surface area contributed by atoms with E-state index >= 15 is 0 Å². The van der Waals surface area contributed by atoms with Crippen molar-refractivity contribution in [3.8, 4) is 17.2 Å². The summed E-state index contributed by atoms with van der Waals surface area (Å²) in [6.45, 7) is 3.89. The number of benzene rings is 2. The van der Waals surface area contributed by atoms with Crippen LogP contribution in [-0.4, -0.2) is 32.4 Å². The highest BCUT2D eigenvalue weighted by Gasteiger charge is 2.08. The molecular formula is C19H22N2O4. The molecule has 6 nitrogen and oxygen atoms in total. The van der Waals surface area contributed by atoms with Crippen molar-refractivity contribution in [1.29, 1.82) is 0 Å². The van der Waals surface area contributed by atoms with Crippen LogP contribution >= 0.6 is 0 Å². The molecule has 0 aliphatic rings. The molecule has 2 rings (SSSR count). The summed E-state index contributed by atoms with van der Waals surface area (Å²) >= 11 is 0. The largest absolute Gasteiger partial charge is 0.493 e. The second kappa shape index (κ2) is 8.73. The minimum atomic E-state index is -0.311. The number of hydrazone groups is 1. The van der Waals surface area contributed by atoms with Gasteiger partial charge in [0.1, 0.15) is 5.75 Å². The highest BCUT2D eigenvalue weighted by atomic mass is 16.5. The van der Waals surface area contributed by atoms with Gasteiger partial charge in [-0.3, -0.25) is 4.79 Å². The summed E-state index contributed by atoms with van der Waals surface area (Å²) in [5, 5.41) is 3.98. The van der Waals surface area contributed by atoms with Crippen LogP contribution in [0.25, 0.3) is 0 Å². The highest BCUT2D eigenvalue weighted by Crippen LogP contribution is 2.29. The average molecular weight is 342 g/mol. The zero-order valence-electron chi connectivity index (χ0n) is 14.8. The van der Waals surface area contributed by atoms with Gasteiger partial charge in [0.05, 0.1) is 26.5 Å². The predicted octanol–water partition coefficient (Wildman–Crippen LogP) is 3.25. The number of para-hydroxylation sites is 1. The Hall–Kier alpha value is -3.02. The van der Waals surface area contributed by atoms with Gasteiger partial charge >= 0.3 is 0 Å². The molecule has 25 heavy (non-hydrogen) atoms. The molecule has 0 aromatic heterocycles. The third-order valence-electron chi connectivity index (χ3n) is 3.29. The topological polar surface area (TPSA) is 69.2 Å². The molecule has 6 heteroatoms. The van der Waals surface area contributed by atoms with Crippen LogP contribution in [0.4, 0.5) is 0 Å². The van der Waals surface area contributed by atoms with E-state index in [-0.39, 0.29) is 12.0 Å². The number of nitrogens with zero attached hydrogens (tertiary/aromatic N) is 1. The zero-order valence-corrected chi connectivity index (χ0v) is 14.8. The summed E-state index contributed by atoms with van der Waals surface area (Å²) in [6, 6.07) is 12.3. The molecule has 0 radical (unpaired) electrons. The Bertz CT molecular complexity index is 740. The summed E-state index contributed by atoms with van der Waals surface area (Å²) in [5.41, 5.74) is 3.68. The second-order valence-electron chi connectivity index (χ2n) is 5.47. The molecular weight excluding hydrogens is 320 g/mol. The number of ether oxygens (including phenoxy) is 3.